The van der Waals surface area contributed by atoms with Gasteiger partial charge in [-0.3, -0.25) is 24.0 Å². The highest BCUT2D eigenvalue weighted by Crippen LogP contribution is 2.38. The summed E-state index contributed by atoms with van der Waals surface area (Å²) in [6.07, 6.45) is -0.749. The lowest BCUT2D eigenvalue weighted by Gasteiger charge is -2.23. The maximum Gasteiger partial charge on any atom is 0.313 e. The minimum Gasteiger partial charge on any atom is -0.507 e. The number of hydrogen-bond acceptors (Lipinski definition) is 9. The highest BCUT2D eigenvalue weighted by Gasteiger charge is 2.36. The van der Waals surface area contributed by atoms with Crippen LogP contribution in [-0.4, -0.2) is 60.3 Å². The summed E-state index contributed by atoms with van der Waals surface area (Å²) in [4.78, 5) is 63.2. The SMILES string of the molecule is COC(=O)CC(=O)Cc1c(CCC(=O)CC2(C)OCCO2)cc2c(c1O)C(=O)c1ccccc1C2=O. The fraction of sp³-hybridized carbons (Fsp3) is 0.370. The van der Waals surface area contributed by atoms with Crippen LogP contribution in [0.5, 0.6) is 5.75 Å². The van der Waals surface area contributed by atoms with Gasteiger partial charge in [-0.1, -0.05) is 24.3 Å². The molecule has 0 aromatic heterocycles. The lowest BCUT2D eigenvalue weighted by atomic mass is 9.80. The Balaban J connectivity index is 1.69. The number of fused-ring (bicyclic) bond motifs is 2. The summed E-state index contributed by atoms with van der Waals surface area (Å²) >= 11 is 0. The van der Waals surface area contributed by atoms with Crippen molar-refractivity contribution in [1.82, 2.24) is 0 Å². The Kier molecular flexibility index (Phi) is 7.14. The molecule has 0 spiro atoms. The van der Waals surface area contributed by atoms with Gasteiger partial charge in [0.25, 0.3) is 0 Å². The van der Waals surface area contributed by atoms with Gasteiger partial charge >= 0.3 is 5.97 Å². The summed E-state index contributed by atoms with van der Waals surface area (Å²) in [5.74, 6) is -3.91. The second-order valence-electron chi connectivity index (χ2n) is 9.00. The van der Waals surface area contributed by atoms with E-state index in [1.807, 2.05) is 0 Å². The van der Waals surface area contributed by atoms with Gasteiger partial charge in [-0.05, 0) is 25.0 Å². The molecule has 4 rings (SSSR count). The summed E-state index contributed by atoms with van der Waals surface area (Å²) in [6.45, 7) is 2.47. The first-order valence-electron chi connectivity index (χ1n) is 11.6. The number of benzene rings is 2. The molecule has 1 saturated heterocycles. The van der Waals surface area contributed by atoms with Crippen LogP contribution in [0.15, 0.2) is 30.3 Å². The summed E-state index contributed by atoms with van der Waals surface area (Å²) in [5, 5.41) is 11.1. The zero-order chi connectivity index (χ0) is 26.0. The summed E-state index contributed by atoms with van der Waals surface area (Å²) in [6, 6.07) is 7.76. The monoisotopic (exact) mass is 494 g/mol. The Labute approximate surface area is 207 Å². The van der Waals surface area contributed by atoms with Crippen LogP contribution in [0.1, 0.15) is 69.2 Å². The quantitative estimate of drug-likeness (QED) is 0.352. The minimum absolute atomic E-state index is 0.0113. The van der Waals surface area contributed by atoms with Gasteiger partial charge in [0.2, 0.25) is 0 Å². The van der Waals surface area contributed by atoms with Crippen LogP contribution in [-0.2, 0) is 41.4 Å². The molecule has 0 bridgehead atoms. The predicted molar refractivity (Wildman–Crippen MR) is 125 cm³/mol. The zero-order valence-electron chi connectivity index (χ0n) is 20.0. The van der Waals surface area contributed by atoms with Crippen molar-refractivity contribution in [3.05, 3.63) is 63.7 Å². The van der Waals surface area contributed by atoms with E-state index < -0.39 is 41.3 Å². The van der Waals surface area contributed by atoms with Gasteiger partial charge in [0.05, 0.1) is 32.3 Å². The van der Waals surface area contributed by atoms with E-state index in [4.69, 9.17) is 9.47 Å². The third-order valence-corrected chi connectivity index (χ3v) is 6.42. The summed E-state index contributed by atoms with van der Waals surface area (Å²) in [5.41, 5.74) is 0.679. The molecule has 1 N–H and O–H groups in total. The third-order valence-electron chi connectivity index (χ3n) is 6.42. The largest absolute Gasteiger partial charge is 0.507 e. The topological polar surface area (TPSA) is 133 Å². The van der Waals surface area contributed by atoms with Gasteiger partial charge in [-0.15, -0.1) is 0 Å². The molecular formula is C27H26O9. The van der Waals surface area contributed by atoms with E-state index in [1.54, 1.807) is 19.1 Å². The van der Waals surface area contributed by atoms with Crippen molar-refractivity contribution in [2.75, 3.05) is 20.3 Å². The minimum atomic E-state index is -1.000. The lowest BCUT2D eigenvalue weighted by molar-refractivity contribution is -0.158. The molecule has 0 saturated carbocycles. The van der Waals surface area contributed by atoms with E-state index in [1.165, 1.54) is 18.2 Å². The van der Waals surface area contributed by atoms with Crippen molar-refractivity contribution in [1.29, 1.82) is 0 Å². The van der Waals surface area contributed by atoms with Crippen LogP contribution in [0.2, 0.25) is 0 Å². The number of ether oxygens (including phenoxy) is 3. The molecule has 2 aromatic carbocycles. The van der Waals surface area contributed by atoms with Crippen LogP contribution in [0.3, 0.4) is 0 Å². The van der Waals surface area contributed by atoms with E-state index in [2.05, 4.69) is 4.74 Å². The normalized spacial score (nSPS) is 15.8. The molecule has 1 fully saturated rings. The molecule has 2 aromatic rings. The molecule has 9 heteroatoms. The fourth-order valence-corrected chi connectivity index (χ4v) is 4.62. The average Bonchev–Trinajstić information content (AvgIpc) is 3.28. The number of methoxy groups -OCH3 is 1. The van der Waals surface area contributed by atoms with Crippen LogP contribution in [0.4, 0.5) is 0 Å². The number of phenols is 1. The molecule has 2 aliphatic rings. The molecule has 9 nitrogen and oxygen atoms in total. The van der Waals surface area contributed by atoms with Crippen molar-refractivity contribution in [3.63, 3.8) is 0 Å². The third kappa shape index (κ3) is 4.98. The molecule has 0 atom stereocenters. The smallest absolute Gasteiger partial charge is 0.313 e. The first-order chi connectivity index (χ1) is 17.1. The maximum atomic E-state index is 13.2. The summed E-state index contributed by atoms with van der Waals surface area (Å²) < 4.78 is 15.5. The standard InChI is InChI=1S/C27H26O9/c1-27(35-9-10-36-27)14-16(28)8-7-15-11-21-23(25(32)19-6-4-3-5-18(19)24(21)31)26(33)20(15)12-17(29)13-22(30)34-2/h3-6,11,33H,7-10,12-14H2,1-2H3. The Morgan fingerprint density at radius 1 is 1.00 bits per heavy atom. The predicted octanol–water partition coefficient (Wildman–Crippen LogP) is 2.50. The van der Waals surface area contributed by atoms with Gasteiger partial charge < -0.3 is 19.3 Å². The van der Waals surface area contributed by atoms with Crippen molar-refractivity contribution >= 4 is 29.1 Å². The number of esters is 1. The molecule has 188 valence electrons. The Bertz CT molecular complexity index is 1270. The number of carbonyl (C=O) groups is 5. The van der Waals surface area contributed by atoms with Crippen LogP contribution >= 0.6 is 0 Å². The van der Waals surface area contributed by atoms with E-state index in [-0.39, 0.29) is 59.3 Å². The van der Waals surface area contributed by atoms with Crippen molar-refractivity contribution in [3.8, 4) is 5.75 Å². The molecule has 1 aliphatic carbocycles. The number of phenolic OH excluding ortho intramolecular Hbond substituents is 1. The van der Waals surface area contributed by atoms with Crippen molar-refractivity contribution in [2.24, 2.45) is 0 Å². The number of carbonyl (C=O) groups excluding carboxylic acids is 5. The fourth-order valence-electron chi connectivity index (χ4n) is 4.62. The van der Waals surface area contributed by atoms with E-state index >= 15 is 0 Å². The van der Waals surface area contributed by atoms with Gasteiger partial charge in [0.15, 0.2) is 17.4 Å². The maximum absolute atomic E-state index is 13.2. The van der Waals surface area contributed by atoms with E-state index in [0.29, 0.717) is 18.8 Å². The number of aryl methyl sites for hydroxylation is 1. The lowest BCUT2D eigenvalue weighted by Crippen LogP contribution is -2.29. The van der Waals surface area contributed by atoms with Crippen molar-refractivity contribution < 1.29 is 43.3 Å². The molecule has 36 heavy (non-hydrogen) atoms. The Morgan fingerprint density at radius 3 is 2.28 bits per heavy atom. The first kappa shape index (κ1) is 25.4. The number of ketones is 4. The Morgan fingerprint density at radius 2 is 1.64 bits per heavy atom. The van der Waals surface area contributed by atoms with E-state index in [9.17, 15) is 29.1 Å². The number of aromatic hydroxyl groups is 1. The Hall–Kier alpha value is -3.69. The first-order valence-corrected chi connectivity index (χ1v) is 11.6. The van der Waals surface area contributed by atoms with Gasteiger partial charge in [-0.25, -0.2) is 0 Å². The highest BCUT2D eigenvalue weighted by atomic mass is 16.7. The number of hydrogen-bond donors (Lipinski definition) is 1. The second-order valence-corrected chi connectivity index (χ2v) is 9.00. The zero-order valence-corrected chi connectivity index (χ0v) is 20.0. The van der Waals surface area contributed by atoms with Gasteiger partial charge in [0, 0.05) is 35.1 Å². The van der Waals surface area contributed by atoms with Gasteiger partial charge in [-0.2, -0.15) is 0 Å². The molecule has 1 heterocycles. The number of rotatable bonds is 9. The molecule has 0 amide bonds. The van der Waals surface area contributed by atoms with Crippen LogP contribution in [0.25, 0.3) is 0 Å². The molecule has 1 aliphatic heterocycles. The second kappa shape index (κ2) is 10.1. The van der Waals surface area contributed by atoms with Gasteiger partial charge in [0.1, 0.15) is 23.7 Å². The van der Waals surface area contributed by atoms with Crippen LogP contribution < -0.4 is 0 Å². The number of Topliss-reactive ketones (excluding diaryl/α,β-unsaturated/α-hetero) is 2. The van der Waals surface area contributed by atoms with Crippen molar-refractivity contribution in [2.45, 2.75) is 44.8 Å². The molecule has 0 radical (unpaired) electrons. The highest BCUT2D eigenvalue weighted by molar-refractivity contribution is 6.29. The average molecular weight is 494 g/mol. The molecule has 0 unspecified atom stereocenters. The molecular weight excluding hydrogens is 468 g/mol. The summed E-state index contributed by atoms with van der Waals surface area (Å²) in [7, 11) is 1.16. The van der Waals surface area contributed by atoms with E-state index in [0.717, 1.165) is 7.11 Å². The van der Waals surface area contributed by atoms with Crippen LogP contribution in [0, 0.1) is 0 Å².